The summed E-state index contributed by atoms with van der Waals surface area (Å²) in [4.78, 5) is 12.6. The lowest BCUT2D eigenvalue weighted by atomic mass is 10.2. The zero-order valence-corrected chi connectivity index (χ0v) is 10.5. The minimum absolute atomic E-state index is 0.0257. The summed E-state index contributed by atoms with van der Waals surface area (Å²) in [7, 11) is 1.59. The van der Waals surface area contributed by atoms with Crippen LogP contribution in [0.5, 0.6) is 0 Å². The van der Waals surface area contributed by atoms with Crippen LogP contribution in [0.1, 0.15) is 12.0 Å². The highest BCUT2D eigenvalue weighted by atomic mass is 32.2. The van der Waals surface area contributed by atoms with Crippen molar-refractivity contribution in [2.45, 2.75) is 17.9 Å². The van der Waals surface area contributed by atoms with Crippen molar-refractivity contribution in [3.8, 4) is 0 Å². The molecule has 1 N–H and O–H groups in total. The number of rotatable bonds is 6. The first-order valence-electron chi connectivity index (χ1n) is 5.15. The fourth-order valence-electron chi connectivity index (χ4n) is 1.33. The molecule has 0 saturated carbocycles. The molecule has 1 rings (SSSR count). The molecule has 0 aromatic heterocycles. The summed E-state index contributed by atoms with van der Waals surface area (Å²) in [6, 6.07) is 8.07. The van der Waals surface area contributed by atoms with Crippen LogP contribution in [0.25, 0.3) is 0 Å². The molecule has 0 heterocycles. The van der Waals surface area contributed by atoms with Crippen LogP contribution in [0, 0.1) is 0 Å². The number of ether oxygens (including phenoxy) is 1. The van der Waals surface area contributed by atoms with E-state index in [0.717, 1.165) is 5.56 Å². The molecule has 0 radical (unpaired) electrons. The number of benzene rings is 1. The first-order chi connectivity index (χ1) is 7.77. The van der Waals surface area contributed by atoms with E-state index in [2.05, 4.69) is 11.4 Å². The van der Waals surface area contributed by atoms with Gasteiger partial charge in [-0.05, 0) is 17.9 Å². The smallest absolute Gasteiger partial charge is 0.222 e. The molecule has 0 atom stereocenters. The van der Waals surface area contributed by atoms with E-state index < -0.39 is 0 Å². The average molecular weight is 239 g/mol. The maximum absolute atomic E-state index is 11.4. The molecule has 0 fully saturated rings. The lowest BCUT2D eigenvalue weighted by Crippen LogP contribution is -2.23. The molecule has 1 amide bonds. The van der Waals surface area contributed by atoms with Crippen molar-refractivity contribution in [3.05, 3.63) is 29.8 Å². The number of hydrogen-bond donors (Lipinski definition) is 1. The van der Waals surface area contributed by atoms with Crippen LogP contribution in [0.2, 0.25) is 0 Å². The highest BCUT2D eigenvalue weighted by molar-refractivity contribution is 7.98. The van der Waals surface area contributed by atoms with E-state index in [-0.39, 0.29) is 5.91 Å². The van der Waals surface area contributed by atoms with E-state index in [1.54, 1.807) is 18.9 Å². The van der Waals surface area contributed by atoms with Gasteiger partial charge in [0, 0.05) is 25.0 Å². The van der Waals surface area contributed by atoms with Gasteiger partial charge in [0.05, 0.1) is 6.61 Å². The lowest BCUT2D eigenvalue weighted by molar-refractivity contribution is -0.122. The number of methoxy groups -OCH3 is 1. The third-order valence-electron chi connectivity index (χ3n) is 2.20. The van der Waals surface area contributed by atoms with E-state index in [9.17, 15) is 4.79 Å². The second-order valence-electron chi connectivity index (χ2n) is 3.33. The Morgan fingerprint density at radius 2 is 2.19 bits per heavy atom. The summed E-state index contributed by atoms with van der Waals surface area (Å²) < 4.78 is 4.84. The number of thioether (sulfide) groups is 1. The van der Waals surface area contributed by atoms with Crippen molar-refractivity contribution in [3.63, 3.8) is 0 Å². The number of carbonyl (C=O) groups excluding carboxylic acids is 1. The quantitative estimate of drug-likeness (QED) is 0.772. The molecule has 3 nitrogen and oxygen atoms in total. The molecule has 0 saturated heterocycles. The van der Waals surface area contributed by atoms with Crippen molar-refractivity contribution >= 4 is 17.7 Å². The summed E-state index contributed by atoms with van der Waals surface area (Å²) in [6.45, 7) is 1.05. The SMILES string of the molecule is COCCC(=O)NCc1ccccc1SC. The summed E-state index contributed by atoms with van der Waals surface area (Å²) in [5.41, 5.74) is 1.15. The van der Waals surface area contributed by atoms with Gasteiger partial charge in [-0.3, -0.25) is 4.79 Å². The van der Waals surface area contributed by atoms with Gasteiger partial charge < -0.3 is 10.1 Å². The van der Waals surface area contributed by atoms with E-state index in [4.69, 9.17) is 4.74 Å². The Labute approximate surface area is 101 Å². The van der Waals surface area contributed by atoms with Gasteiger partial charge >= 0.3 is 0 Å². The molecule has 16 heavy (non-hydrogen) atoms. The zero-order valence-electron chi connectivity index (χ0n) is 9.66. The van der Waals surface area contributed by atoms with Crippen molar-refractivity contribution in [1.29, 1.82) is 0 Å². The Hall–Kier alpha value is -1.00. The Kier molecular flexibility index (Phi) is 5.96. The fourth-order valence-corrected chi connectivity index (χ4v) is 1.94. The van der Waals surface area contributed by atoms with E-state index in [1.165, 1.54) is 4.90 Å². The monoisotopic (exact) mass is 239 g/mol. The van der Waals surface area contributed by atoms with Crippen LogP contribution in [-0.4, -0.2) is 25.9 Å². The number of carbonyl (C=O) groups is 1. The molecular weight excluding hydrogens is 222 g/mol. The predicted molar refractivity (Wildman–Crippen MR) is 66.6 cm³/mol. The number of nitrogens with one attached hydrogen (secondary N) is 1. The van der Waals surface area contributed by atoms with E-state index in [0.29, 0.717) is 19.6 Å². The van der Waals surface area contributed by atoms with Gasteiger partial charge in [-0.15, -0.1) is 11.8 Å². The predicted octanol–water partition coefficient (Wildman–Crippen LogP) is 2.06. The second-order valence-corrected chi connectivity index (χ2v) is 4.18. The fraction of sp³-hybridized carbons (Fsp3) is 0.417. The normalized spacial score (nSPS) is 10.1. The van der Waals surface area contributed by atoms with E-state index in [1.807, 2.05) is 24.5 Å². The van der Waals surface area contributed by atoms with Crippen LogP contribution in [0.15, 0.2) is 29.2 Å². The average Bonchev–Trinajstić information content (AvgIpc) is 2.34. The highest BCUT2D eigenvalue weighted by Crippen LogP contribution is 2.19. The van der Waals surface area contributed by atoms with Gasteiger partial charge in [0.15, 0.2) is 0 Å². The van der Waals surface area contributed by atoms with Crippen LogP contribution in [-0.2, 0) is 16.1 Å². The van der Waals surface area contributed by atoms with Gasteiger partial charge in [0.25, 0.3) is 0 Å². The lowest BCUT2D eigenvalue weighted by Gasteiger charge is -2.08. The Morgan fingerprint density at radius 3 is 2.88 bits per heavy atom. The molecular formula is C12H17NO2S. The Morgan fingerprint density at radius 1 is 1.44 bits per heavy atom. The van der Waals surface area contributed by atoms with Gasteiger partial charge in [-0.25, -0.2) is 0 Å². The molecule has 0 spiro atoms. The molecule has 1 aromatic rings. The van der Waals surface area contributed by atoms with Gasteiger partial charge in [0.2, 0.25) is 5.91 Å². The number of hydrogen-bond acceptors (Lipinski definition) is 3. The zero-order chi connectivity index (χ0) is 11.8. The topological polar surface area (TPSA) is 38.3 Å². The molecule has 0 unspecified atom stereocenters. The summed E-state index contributed by atoms with van der Waals surface area (Å²) >= 11 is 1.69. The molecule has 1 aromatic carbocycles. The summed E-state index contributed by atoms with van der Waals surface area (Å²) in [5.74, 6) is 0.0257. The summed E-state index contributed by atoms with van der Waals surface area (Å²) in [5, 5.41) is 2.88. The second kappa shape index (κ2) is 7.30. The molecule has 0 aliphatic heterocycles. The third-order valence-corrected chi connectivity index (χ3v) is 3.04. The maximum Gasteiger partial charge on any atom is 0.222 e. The highest BCUT2D eigenvalue weighted by Gasteiger charge is 2.03. The van der Waals surface area contributed by atoms with Gasteiger partial charge in [-0.2, -0.15) is 0 Å². The van der Waals surface area contributed by atoms with Crippen LogP contribution >= 0.6 is 11.8 Å². The van der Waals surface area contributed by atoms with Crippen molar-refractivity contribution < 1.29 is 9.53 Å². The molecule has 88 valence electrons. The Bertz CT molecular complexity index is 342. The molecule has 4 heteroatoms. The molecule has 0 aliphatic rings. The maximum atomic E-state index is 11.4. The Balaban J connectivity index is 2.44. The first kappa shape index (κ1) is 13.1. The van der Waals surface area contributed by atoms with Gasteiger partial charge in [0.1, 0.15) is 0 Å². The van der Waals surface area contributed by atoms with E-state index >= 15 is 0 Å². The standard InChI is InChI=1S/C12H17NO2S/c1-15-8-7-12(14)13-9-10-5-3-4-6-11(10)16-2/h3-6H,7-9H2,1-2H3,(H,13,14). The largest absolute Gasteiger partial charge is 0.384 e. The molecule has 0 bridgehead atoms. The minimum Gasteiger partial charge on any atom is -0.384 e. The van der Waals surface area contributed by atoms with Crippen LogP contribution in [0.3, 0.4) is 0 Å². The van der Waals surface area contributed by atoms with Crippen molar-refractivity contribution in [2.75, 3.05) is 20.0 Å². The van der Waals surface area contributed by atoms with Crippen LogP contribution in [0.4, 0.5) is 0 Å². The number of amides is 1. The van der Waals surface area contributed by atoms with Crippen molar-refractivity contribution in [2.24, 2.45) is 0 Å². The third kappa shape index (κ3) is 4.24. The molecule has 0 aliphatic carbocycles. The minimum atomic E-state index is 0.0257. The van der Waals surface area contributed by atoms with Crippen LogP contribution < -0.4 is 5.32 Å². The first-order valence-corrected chi connectivity index (χ1v) is 6.38. The van der Waals surface area contributed by atoms with Crippen molar-refractivity contribution in [1.82, 2.24) is 5.32 Å². The summed E-state index contributed by atoms with van der Waals surface area (Å²) in [6.07, 6.45) is 2.45. The van der Waals surface area contributed by atoms with Gasteiger partial charge in [-0.1, -0.05) is 18.2 Å².